The van der Waals surface area contributed by atoms with Crippen molar-refractivity contribution in [1.82, 2.24) is 9.80 Å². The third-order valence-corrected chi connectivity index (χ3v) is 4.56. The largest absolute Gasteiger partial charge is 0.490 e. The lowest BCUT2D eigenvalue weighted by atomic mass is 9.98. The van der Waals surface area contributed by atoms with Gasteiger partial charge in [-0.3, -0.25) is 9.69 Å². The summed E-state index contributed by atoms with van der Waals surface area (Å²) in [5, 5.41) is 7.12. The van der Waals surface area contributed by atoms with Gasteiger partial charge >= 0.3 is 12.1 Å². The highest BCUT2D eigenvalue weighted by atomic mass is 19.4. The summed E-state index contributed by atoms with van der Waals surface area (Å²) in [6.45, 7) is 7.95. The van der Waals surface area contributed by atoms with Crippen molar-refractivity contribution in [2.24, 2.45) is 5.92 Å². The lowest BCUT2D eigenvalue weighted by molar-refractivity contribution is -0.192. The SMILES string of the molecule is CCN1CC2CC(C(=O)N3CCOCC3)C(C1)O2.O=C(O)C(F)(F)F. The molecule has 3 aliphatic rings. The molecule has 0 radical (unpaired) electrons. The first kappa shape index (κ1) is 19.9. The maximum atomic E-state index is 12.5. The second-order valence-electron chi connectivity index (χ2n) is 6.23. The van der Waals surface area contributed by atoms with E-state index in [0.717, 1.165) is 39.1 Å². The van der Waals surface area contributed by atoms with Gasteiger partial charge in [-0.2, -0.15) is 13.2 Å². The topological polar surface area (TPSA) is 79.3 Å². The van der Waals surface area contributed by atoms with Gasteiger partial charge in [0.1, 0.15) is 0 Å². The van der Waals surface area contributed by atoms with Gasteiger partial charge in [-0.25, -0.2) is 4.79 Å². The predicted molar refractivity (Wildman–Crippen MR) is 80.0 cm³/mol. The van der Waals surface area contributed by atoms with E-state index in [1.54, 1.807) is 0 Å². The van der Waals surface area contributed by atoms with Crippen LogP contribution < -0.4 is 0 Å². The summed E-state index contributed by atoms with van der Waals surface area (Å²) in [5.41, 5.74) is 0. The van der Waals surface area contributed by atoms with Crippen molar-refractivity contribution in [3.05, 3.63) is 0 Å². The molecule has 10 heteroatoms. The van der Waals surface area contributed by atoms with Crippen molar-refractivity contribution in [3.63, 3.8) is 0 Å². The Labute approximate surface area is 143 Å². The maximum Gasteiger partial charge on any atom is 0.490 e. The van der Waals surface area contributed by atoms with Gasteiger partial charge in [0.2, 0.25) is 5.91 Å². The van der Waals surface area contributed by atoms with Crippen LogP contribution in [0.15, 0.2) is 0 Å². The number of nitrogens with zero attached hydrogens (tertiary/aromatic N) is 2. The van der Waals surface area contributed by atoms with E-state index >= 15 is 0 Å². The van der Waals surface area contributed by atoms with Crippen molar-refractivity contribution in [3.8, 4) is 0 Å². The lowest BCUT2D eigenvalue weighted by Crippen LogP contribution is -2.48. The molecule has 0 aromatic carbocycles. The van der Waals surface area contributed by atoms with Gasteiger partial charge in [-0.05, 0) is 13.0 Å². The van der Waals surface area contributed by atoms with Crippen molar-refractivity contribution in [2.45, 2.75) is 31.7 Å². The van der Waals surface area contributed by atoms with Crippen LogP contribution in [0.5, 0.6) is 0 Å². The molecule has 3 heterocycles. The number of hydrogen-bond donors (Lipinski definition) is 1. The highest BCUT2D eigenvalue weighted by Crippen LogP contribution is 2.33. The second-order valence-corrected chi connectivity index (χ2v) is 6.23. The van der Waals surface area contributed by atoms with Gasteiger partial charge in [0.05, 0.1) is 31.3 Å². The molecular weight excluding hydrogens is 345 g/mol. The number of fused-ring (bicyclic) bond motifs is 2. The van der Waals surface area contributed by atoms with Crippen molar-refractivity contribution >= 4 is 11.9 Å². The minimum absolute atomic E-state index is 0.0737. The lowest BCUT2D eigenvalue weighted by Gasteiger charge is -2.33. The van der Waals surface area contributed by atoms with Gasteiger partial charge in [-0.1, -0.05) is 6.92 Å². The predicted octanol–water partition coefficient (Wildman–Crippen LogP) is 0.588. The van der Waals surface area contributed by atoms with E-state index in [2.05, 4.69) is 11.8 Å². The van der Waals surface area contributed by atoms with Gasteiger partial charge in [0, 0.05) is 26.2 Å². The first-order valence-corrected chi connectivity index (χ1v) is 8.26. The number of likely N-dealkylation sites (N-methyl/N-ethyl adjacent to an activating group) is 1. The number of carboxylic acid groups (broad SMARTS) is 1. The number of morpholine rings is 2. The minimum atomic E-state index is -5.08. The summed E-state index contributed by atoms with van der Waals surface area (Å²) in [6, 6.07) is 0. The number of ether oxygens (including phenoxy) is 2. The molecule has 3 rings (SSSR count). The van der Waals surface area contributed by atoms with Crippen LogP contribution in [0.2, 0.25) is 0 Å². The Kier molecular flexibility index (Phi) is 6.64. The third kappa shape index (κ3) is 5.29. The Morgan fingerprint density at radius 1 is 1.20 bits per heavy atom. The molecular formula is C15H23F3N2O5. The first-order chi connectivity index (χ1) is 11.7. The zero-order valence-electron chi connectivity index (χ0n) is 14.0. The fraction of sp³-hybridized carbons (Fsp3) is 0.867. The molecule has 25 heavy (non-hydrogen) atoms. The number of carbonyl (C=O) groups is 2. The van der Waals surface area contributed by atoms with E-state index in [-0.39, 0.29) is 24.0 Å². The van der Waals surface area contributed by atoms with Crippen LogP contribution in [0.3, 0.4) is 0 Å². The van der Waals surface area contributed by atoms with E-state index in [4.69, 9.17) is 19.4 Å². The van der Waals surface area contributed by atoms with E-state index in [1.807, 2.05) is 4.90 Å². The Balaban J connectivity index is 0.000000277. The summed E-state index contributed by atoms with van der Waals surface area (Å²) in [4.78, 5) is 25.8. The molecule has 0 aromatic rings. The zero-order chi connectivity index (χ0) is 18.6. The fourth-order valence-corrected chi connectivity index (χ4v) is 3.27. The van der Waals surface area contributed by atoms with E-state index in [1.165, 1.54) is 0 Å². The smallest absolute Gasteiger partial charge is 0.475 e. The van der Waals surface area contributed by atoms with E-state index < -0.39 is 12.1 Å². The normalized spacial score (nSPS) is 29.8. The van der Waals surface area contributed by atoms with Crippen molar-refractivity contribution in [1.29, 1.82) is 0 Å². The average Bonchev–Trinajstić information content (AvgIpc) is 2.88. The molecule has 7 nitrogen and oxygen atoms in total. The minimum Gasteiger partial charge on any atom is -0.475 e. The van der Waals surface area contributed by atoms with Crippen molar-refractivity contribution < 1.29 is 37.3 Å². The Morgan fingerprint density at radius 2 is 1.80 bits per heavy atom. The quantitative estimate of drug-likeness (QED) is 0.769. The molecule has 3 unspecified atom stereocenters. The fourth-order valence-electron chi connectivity index (χ4n) is 3.27. The third-order valence-electron chi connectivity index (χ3n) is 4.56. The average molecular weight is 368 g/mol. The molecule has 3 aliphatic heterocycles. The van der Waals surface area contributed by atoms with Crippen LogP contribution in [0, 0.1) is 5.92 Å². The molecule has 3 fully saturated rings. The van der Waals surface area contributed by atoms with E-state index in [0.29, 0.717) is 13.2 Å². The number of likely N-dealkylation sites (tertiary alicyclic amines) is 1. The molecule has 0 aromatic heterocycles. The molecule has 0 spiro atoms. The number of hydrogen-bond acceptors (Lipinski definition) is 5. The summed E-state index contributed by atoms with van der Waals surface area (Å²) < 4.78 is 43.0. The van der Waals surface area contributed by atoms with Gasteiger partial charge in [0.15, 0.2) is 0 Å². The number of amides is 1. The van der Waals surface area contributed by atoms with Crippen LogP contribution in [0.1, 0.15) is 13.3 Å². The van der Waals surface area contributed by atoms with Gasteiger partial charge in [-0.15, -0.1) is 0 Å². The van der Waals surface area contributed by atoms with Crippen LogP contribution in [0.25, 0.3) is 0 Å². The standard InChI is InChI=1S/C13H22N2O3.C2HF3O2/c1-2-14-8-10-7-11(12(9-14)18-10)13(16)15-3-5-17-6-4-15;3-2(4,5)1(6)7/h10-12H,2-9H2,1H3;(H,6,7). The number of halogens is 3. The molecule has 3 atom stereocenters. The highest BCUT2D eigenvalue weighted by molar-refractivity contribution is 5.80. The van der Waals surface area contributed by atoms with Crippen molar-refractivity contribution in [2.75, 3.05) is 45.9 Å². The summed E-state index contributed by atoms with van der Waals surface area (Å²) in [7, 11) is 0. The molecule has 1 N–H and O–H groups in total. The highest BCUT2D eigenvalue weighted by Gasteiger charge is 2.45. The van der Waals surface area contributed by atoms with Gasteiger partial charge in [0.25, 0.3) is 0 Å². The summed E-state index contributed by atoms with van der Waals surface area (Å²) >= 11 is 0. The number of alkyl halides is 3. The monoisotopic (exact) mass is 368 g/mol. The summed E-state index contributed by atoms with van der Waals surface area (Å²) in [6.07, 6.45) is -3.81. The van der Waals surface area contributed by atoms with Gasteiger partial charge < -0.3 is 19.5 Å². The molecule has 1 amide bonds. The molecule has 0 saturated carbocycles. The Hall–Kier alpha value is -1.39. The molecule has 144 valence electrons. The van der Waals surface area contributed by atoms with Crippen LogP contribution in [-0.4, -0.2) is 91.1 Å². The number of carbonyl (C=O) groups excluding carboxylic acids is 1. The Bertz CT molecular complexity index is 482. The number of rotatable bonds is 2. The zero-order valence-corrected chi connectivity index (χ0v) is 14.0. The number of aliphatic carboxylic acids is 1. The van der Waals surface area contributed by atoms with E-state index in [9.17, 15) is 18.0 Å². The second kappa shape index (κ2) is 8.33. The molecule has 2 bridgehead atoms. The molecule has 0 aliphatic carbocycles. The Morgan fingerprint density at radius 3 is 2.32 bits per heavy atom. The summed E-state index contributed by atoms with van der Waals surface area (Å²) in [5.74, 6) is -2.40. The maximum absolute atomic E-state index is 12.5. The number of carboxylic acids is 1. The van der Waals surface area contributed by atoms with Crippen LogP contribution in [-0.2, 0) is 19.1 Å². The van der Waals surface area contributed by atoms with Crippen LogP contribution in [0.4, 0.5) is 13.2 Å². The van der Waals surface area contributed by atoms with Crippen LogP contribution >= 0.6 is 0 Å². The first-order valence-electron chi connectivity index (χ1n) is 8.26. The molecule has 3 saturated heterocycles.